The second-order valence-corrected chi connectivity index (χ2v) is 12.4. The second-order valence-electron chi connectivity index (χ2n) is 12.4. The summed E-state index contributed by atoms with van der Waals surface area (Å²) >= 11 is 0. The first-order valence-electron chi connectivity index (χ1n) is 16.1. The highest BCUT2D eigenvalue weighted by molar-refractivity contribution is 6.39. The molecule has 0 radical (unpaired) electrons. The van der Waals surface area contributed by atoms with Crippen LogP contribution in [0, 0.1) is 11.8 Å². The highest BCUT2D eigenvalue weighted by atomic mass is 16.5. The molecule has 2 amide bonds. The molecule has 6 heteroatoms. The van der Waals surface area contributed by atoms with Crippen LogP contribution in [-0.2, 0) is 30.0 Å². The van der Waals surface area contributed by atoms with E-state index in [2.05, 4.69) is 0 Å². The van der Waals surface area contributed by atoms with Gasteiger partial charge in [0, 0.05) is 0 Å². The molecule has 3 aliphatic rings. The van der Waals surface area contributed by atoms with Gasteiger partial charge in [-0.3, -0.25) is 14.4 Å². The molecule has 2 fully saturated rings. The van der Waals surface area contributed by atoms with E-state index in [9.17, 15) is 4.79 Å². The van der Waals surface area contributed by atoms with Gasteiger partial charge in [0.15, 0.2) is 5.78 Å². The van der Waals surface area contributed by atoms with Crippen molar-refractivity contribution in [2.75, 3.05) is 11.5 Å². The van der Waals surface area contributed by atoms with E-state index < -0.39 is 40.4 Å². The van der Waals surface area contributed by atoms with Crippen molar-refractivity contribution in [2.45, 2.75) is 17.8 Å². The summed E-state index contributed by atoms with van der Waals surface area (Å²) in [7, 11) is 0. The lowest BCUT2D eigenvalue weighted by Crippen LogP contribution is -2.45. The SMILES string of the molecule is CCOC(=O)c1cccc(N2C(=O)[C@H]3[C@H](C2=O)[C@@]2(c4ccccc4)C(=O)[C@@]3(c3ccccc3)C(c3ccccc3)=C2c2ccccc2)c1. The quantitative estimate of drug-likeness (QED) is 0.142. The number of hydrogen-bond donors (Lipinski definition) is 0. The molecule has 0 unspecified atom stereocenters. The number of ketones is 1. The number of Topliss-reactive ketones (excluding diaryl/α,β-unsaturated/α-hetero) is 1. The van der Waals surface area contributed by atoms with Crippen LogP contribution < -0.4 is 4.90 Å². The van der Waals surface area contributed by atoms with Crippen molar-refractivity contribution in [1.29, 1.82) is 0 Å². The van der Waals surface area contributed by atoms with Crippen LogP contribution >= 0.6 is 0 Å². The number of imide groups is 1. The van der Waals surface area contributed by atoms with Crippen LogP contribution in [0.2, 0.25) is 0 Å². The number of anilines is 1. The molecule has 48 heavy (non-hydrogen) atoms. The van der Waals surface area contributed by atoms with E-state index in [-0.39, 0.29) is 23.6 Å². The van der Waals surface area contributed by atoms with E-state index in [1.165, 1.54) is 11.0 Å². The Morgan fingerprint density at radius 2 is 1.04 bits per heavy atom. The predicted octanol–water partition coefficient (Wildman–Crippen LogP) is 7.05. The third-order valence-electron chi connectivity index (χ3n) is 10.2. The number of esters is 1. The lowest BCUT2D eigenvalue weighted by molar-refractivity contribution is -0.130. The molecule has 234 valence electrons. The standard InChI is InChI=1S/C42H31NO5/c1-2-48-39(46)29-20-15-25-32(26-29)43-37(44)35-36(38(43)45)42(31-23-13-6-14-24-31)34(28-18-9-4-10-19-28)33(27-16-7-3-8-17-27)41(35,40(42)47)30-21-11-5-12-22-30/h3-26,35-36H,2H2,1H3/t35-,36-,41+,42+/m1/s1. The molecular formula is C42H31NO5. The zero-order chi connectivity index (χ0) is 33.0. The number of rotatable bonds is 7. The van der Waals surface area contributed by atoms with Crippen LogP contribution in [0.5, 0.6) is 0 Å². The first-order chi connectivity index (χ1) is 23.5. The van der Waals surface area contributed by atoms with Crippen LogP contribution in [0.3, 0.4) is 0 Å². The third kappa shape index (κ3) is 3.80. The highest BCUT2D eigenvalue weighted by Gasteiger charge is 2.82. The molecule has 1 heterocycles. The molecular weight excluding hydrogens is 598 g/mol. The number of fused-ring (bicyclic) bond motifs is 5. The largest absolute Gasteiger partial charge is 0.462 e. The van der Waals surface area contributed by atoms with Gasteiger partial charge in [-0.15, -0.1) is 0 Å². The predicted molar refractivity (Wildman–Crippen MR) is 183 cm³/mol. The molecule has 5 aromatic carbocycles. The Balaban J connectivity index is 1.49. The summed E-state index contributed by atoms with van der Waals surface area (Å²) in [6.45, 7) is 1.91. The maximum Gasteiger partial charge on any atom is 0.338 e. The molecule has 1 aliphatic heterocycles. The molecule has 6 nitrogen and oxygen atoms in total. The van der Waals surface area contributed by atoms with Crippen LogP contribution in [0.4, 0.5) is 5.69 Å². The Hall–Kier alpha value is -5.88. The van der Waals surface area contributed by atoms with Crippen molar-refractivity contribution in [1.82, 2.24) is 0 Å². The summed E-state index contributed by atoms with van der Waals surface area (Å²) in [4.78, 5) is 60.1. The number of benzene rings is 5. The third-order valence-corrected chi connectivity index (χ3v) is 10.2. The highest BCUT2D eigenvalue weighted by Crippen LogP contribution is 2.74. The normalized spacial score (nSPS) is 24.3. The molecule has 2 bridgehead atoms. The van der Waals surface area contributed by atoms with Crippen molar-refractivity contribution in [2.24, 2.45) is 11.8 Å². The number of nitrogens with zero attached hydrogens (tertiary/aromatic N) is 1. The molecule has 2 aliphatic carbocycles. The van der Waals surface area contributed by atoms with Gasteiger partial charge in [-0.05, 0) is 58.5 Å². The molecule has 0 aromatic heterocycles. The fourth-order valence-corrected chi connectivity index (χ4v) is 8.57. The minimum absolute atomic E-state index is 0.179. The molecule has 8 rings (SSSR count). The van der Waals surface area contributed by atoms with E-state index >= 15 is 14.4 Å². The lowest BCUT2D eigenvalue weighted by Gasteiger charge is -2.39. The molecule has 1 saturated heterocycles. The molecule has 1 saturated carbocycles. The van der Waals surface area contributed by atoms with Crippen molar-refractivity contribution in [3.8, 4) is 0 Å². The number of hydrogen-bond acceptors (Lipinski definition) is 5. The van der Waals surface area contributed by atoms with Gasteiger partial charge in [-0.25, -0.2) is 9.69 Å². The molecule has 0 spiro atoms. The summed E-state index contributed by atoms with van der Waals surface area (Å²) in [5.74, 6) is -3.76. The fourth-order valence-electron chi connectivity index (χ4n) is 8.57. The summed E-state index contributed by atoms with van der Waals surface area (Å²) in [6, 6.07) is 44.8. The smallest absolute Gasteiger partial charge is 0.338 e. The van der Waals surface area contributed by atoms with Crippen molar-refractivity contribution in [3.63, 3.8) is 0 Å². The molecule has 5 aromatic rings. The summed E-state index contributed by atoms with van der Waals surface area (Å²) in [5, 5.41) is 0. The van der Waals surface area contributed by atoms with E-state index in [1.54, 1.807) is 25.1 Å². The monoisotopic (exact) mass is 629 g/mol. The molecule has 4 atom stereocenters. The van der Waals surface area contributed by atoms with Crippen LogP contribution in [-0.4, -0.2) is 30.2 Å². The van der Waals surface area contributed by atoms with Gasteiger partial charge >= 0.3 is 5.97 Å². The number of carbonyl (C=O) groups excluding carboxylic acids is 4. The Bertz CT molecular complexity index is 2010. The van der Waals surface area contributed by atoms with Gasteiger partial charge in [0.2, 0.25) is 11.8 Å². The van der Waals surface area contributed by atoms with Crippen LogP contribution in [0.1, 0.15) is 39.5 Å². The van der Waals surface area contributed by atoms with E-state index in [0.717, 1.165) is 22.3 Å². The van der Waals surface area contributed by atoms with Crippen LogP contribution in [0.15, 0.2) is 146 Å². The van der Waals surface area contributed by atoms with Gasteiger partial charge in [-0.2, -0.15) is 0 Å². The number of ether oxygens (including phenoxy) is 1. The van der Waals surface area contributed by atoms with Crippen molar-refractivity contribution >= 4 is 40.4 Å². The van der Waals surface area contributed by atoms with E-state index in [0.29, 0.717) is 11.1 Å². The first kappa shape index (κ1) is 29.5. The molecule has 0 N–H and O–H groups in total. The average molecular weight is 630 g/mol. The Morgan fingerprint density at radius 3 is 1.48 bits per heavy atom. The minimum Gasteiger partial charge on any atom is -0.462 e. The fraction of sp³-hybridized carbons (Fsp3) is 0.143. The number of allylic oxidation sites excluding steroid dienone is 2. The van der Waals surface area contributed by atoms with E-state index in [1.807, 2.05) is 121 Å². The Morgan fingerprint density at radius 1 is 0.604 bits per heavy atom. The zero-order valence-electron chi connectivity index (χ0n) is 26.2. The van der Waals surface area contributed by atoms with E-state index in [4.69, 9.17) is 4.74 Å². The summed E-state index contributed by atoms with van der Waals surface area (Å²) < 4.78 is 5.23. The van der Waals surface area contributed by atoms with Gasteiger partial charge in [0.25, 0.3) is 0 Å². The second kappa shape index (κ2) is 11.1. The zero-order valence-corrected chi connectivity index (χ0v) is 26.2. The van der Waals surface area contributed by atoms with Crippen LogP contribution in [0.25, 0.3) is 11.1 Å². The summed E-state index contributed by atoms with van der Waals surface area (Å²) in [6.07, 6.45) is 0. The average Bonchev–Trinajstić information content (AvgIpc) is 3.65. The lowest BCUT2D eigenvalue weighted by atomic mass is 9.59. The maximum absolute atomic E-state index is 15.9. The van der Waals surface area contributed by atoms with Gasteiger partial charge in [0.05, 0.1) is 40.5 Å². The topological polar surface area (TPSA) is 80.8 Å². The van der Waals surface area contributed by atoms with Crippen molar-refractivity contribution < 1.29 is 23.9 Å². The minimum atomic E-state index is -1.49. The first-order valence-corrected chi connectivity index (χ1v) is 16.1. The Labute approximate surface area is 278 Å². The maximum atomic E-state index is 15.9. The van der Waals surface area contributed by atoms with Crippen molar-refractivity contribution in [3.05, 3.63) is 173 Å². The van der Waals surface area contributed by atoms with Gasteiger partial charge < -0.3 is 4.74 Å². The number of carbonyl (C=O) groups is 4. The van der Waals surface area contributed by atoms with Gasteiger partial charge in [-0.1, -0.05) is 127 Å². The summed E-state index contributed by atoms with van der Waals surface area (Å²) in [5.41, 5.74) is 1.94. The van der Waals surface area contributed by atoms with Gasteiger partial charge in [0.1, 0.15) is 0 Å². The number of amides is 2. The Kier molecular flexibility index (Phi) is 6.84.